The summed E-state index contributed by atoms with van der Waals surface area (Å²) in [4.78, 5) is 17.0. The fourth-order valence-corrected chi connectivity index (χ4v) is 2.53. The Morgan fingerprint density at radius 2 is 1.71 bits per heavy atom. The van der Waals surface area contributed by atoms with Crippen LogP contribution in [0.25, 0.3) is 10.9 Å². The van der Waals surface area contributed by atoms with E-state index in [1.807, 2.05) is 54.6 Å². The lowest BCUT2D eigenvalue weighted by atomic mass is 9.97. The van der Waals surface area contributed by atoms with E-state index in [-0.39, 0.29) is 5.78 Å². The minimum Gasteiger partial charge on any atom is -0.326 e. The van der Waals surface area contributed by atoms with Gasteiger partial charge in [0.25, 0.3) is 0 Å². The van der Waals surface area contributed by atoms with Crippen molar-refractivity contribution in [2.75, 3.05) is 0 Å². The summed E-state index contributed by atoms with van der Waals surface area (Å²) in [5, 5.41) is 0.982. The average Bonchev–Trinajstić information content (AvgIpc) is 2.54. The van der Waals surface area contributed by atoms with Gasteiger partial charge < -0.3 is 5.73 Å². The Kier molecular flexibility index (Phi) is 3.75. The second-order valence-electron chi connectivity index (χ2n) is 4.95. The summed E-state index contributed by atoms with van der Waals surface area (Å²) in [5.41, 5.74) is 9.16. The van der Waals surface area contributed by atoms with Crippen molar-refractivity contribution in [3.8, 4) is 0 Å². The summed E-state index contributed by atoms with van der Waals surface area (Å²) in [6, 6.07) is 17.3. The summed E-state index contributed by atoms with van der Waals surface area (Å²) in [7, 11) is 0. The molecule has 104 valence electrons. The number of hydrogen-bond acceptors (Lipinski definition) is 3. The largest absolute Gasteiger partial charge is 0.326 e. The molecule has 2 aromatic carbocycles. The number of nitrogens with two attached hydrogens (primary N) is 1. The molecule has 2 N–H and O–H groups in total. The summed E-state index contributed by atoms with van der Waals surface area (Å²) in [5.74, 6) is 0.0696. The zero-order valence-electron chi connectivity index (χ0n) is 11.6. The molecule has 1 aromatic heterocycles. The third kappa shape index (κ3) is 2.69. The van der Waals surface area contributed by atoms with Gasteiger partial charge >= 0.3 is 0 Å². The number of pyridine rings is 1. The summed E-state index contributed by atoms with van der Waals surface area (Å²) < 4.78 is 0. The van der Waals surface area contributed by atoms with E-state index < -0.39 is 0 Å². The third-order valence-electron chi connectivity index (χ3n) is 3.62. The molecular weight excluding hydrogens is 260 g/mol. The molecule has 3 rings (SSSR count). The zero-order chi connectivity index (χ0) is 14.7. The van der Waals surface area contributed by atoms with E-state index in [2.05, 4.69) is 4.98 Å². The molecule has 0 bridgehead atoms. The van der Waals surface area contributed by atoms with E-state index >= 15 is 0 Å². The van der Waals surface area contributed by atoms with Gasteiger partial charge in [0.05, 0.1) is 5.52 Å². The first-order valence-electron chi connectivity index (χ1n) is 6.93. The van der Waals surface area contributed by atoms with Crippen molar-refractivity contribution in [2.24, 2.45) is 5.73 Å². The molecule has 0 amide bonds. The van der Waals surface area contributed by atoms with Crippen LogP contribution in [0, 0.1) is 0 Å². The Morgan fingerprint density at radius 1 is 0.952 bits per heavy atom. The minimum absolute atomic E-state index is 0.0696. The number of Topliss-reactive ketones (excluding diaryl/α,β-unsaturated/α-hetero) is 1. The summed E-state index contributed by atoms with van der Waals surface area (Å²) in [6.07, 6.45) is 2.07. The smallest absolute Gasteiger partial charge is 0.169 e. The van der Waals surface area contributed by atoms with E-state index in [0.29, 0.717) is 18.5 Å². The molecule has 0 unspecified atom stereocenters. The van der Waals surface area contributed by atoms with Crippen LogP contribution in [0.2, 0.25) is 0 Å². The second kappa shape index (κ2) is 5.85. The van der Waals surface area contributed by atoms with Crippen molar-refractivity contribution in [3.63, 3.8) is 0 Å². The number of carbonyl (C=O) groups is 1. The molecule has 0 aliphatic rings. The van der Waals surface area contributed by atoms with Crippen molar-refractivity contribution in [1.82, 2.24) is 4.98 Å². The lowest BCUT2D eigenvalue weighted by Gasteiger charge is -2.08. The van der Waals surface area contributed by atoms with E-state index in [4.69, 9.17) is 5.73 Å². The Balaban J connectivity index is 1.98. The van der Waals surface area contributed by atoms with E-state index in [9.17, 15) is 4.79 Å². The number of aromatic nitrogens is 1. The summed E-state index contributed by atoms with van der Waals surface area (Å²) >= 11 is 0. The first-order valence-corrected chi connectivity index (χ1v) is 6.93. The lowest BCUT2D eigenvalue weighted by molar-refractivity contribution is 0.0994. The van der Waals surface area contributed by atoms with E-state index in [1.165, 1.54) is 0 Å². The van der Waals surface area contributed by atoms with Crippen molar-refractivity contribution in [3.05, 3.63) is 77.5 Å². The molecule has 3 heteroatoms. The van der Waals surface area contributed by atoms with Crippen LogP contribution in [-0.2, 0) is 13.0 Å². The molecule has 3 aromatic rings. The zero-order valence-corrected chi connectivity index (χ0v) is 11.6. The fraction of sp³-hybridized carbons (Fsp3) is 0.111. The number of benzene rings is 2. The SMILES string of the molecule is NCc1ccccc1CC(=O)c1cccc2cccnc12. The lowest BCUT2D eigenvalue weighted by Crippen LogP contribution is -2.09. The molecule has 0 saturated carbocycles. The molecule has 21 heavy (non-hydrogen) atoms. The summed E-state index contributed by atoms with van der Waals surface area (Å²) in [6.45, 7) is 0.442. The maximum absolute atomic E-state index is 12.6. The normalized spacial score (nSPS) is 10.7. The maximum atomic E-state index is 12.6. The quantitative estimate of drug-likeness (QED) is 0.745. The van der Waals surface area contributed by atoms with Gasteiger partial charge in [0, 0.05) is 30.1 Å². The number of ketones is 1. The molecule has 0 saturated heterocycles. The van der Waals surface area contributed by atoms with Crippen LogP contribution in [0.15, 0.2) is 60.8 Å². The van der Waals surface area contributed by atoms with Crippen molar-refractivity contribution < 1.29 is 4.79 Å². The second-order valence-corrected chi connectivity index (χ2v) is 4.95. The van der Waals surface area contributed by atoms with Crippen LogP contribution in [0.3, 0.4) is 0 Å². The van der Waals surface area contributed by atoms with Gasteiger partial charge in [-0.25, -0.2) is 0 Å². The van der Waals surface area contributed by atoms with Gasteiger partial charge in [-0.05, 0) is 23.3 Å². The molecule has 1 heterocycles. The number of fused-ring (bicyclic) bond motifs is 1. The van der Waals surface area contributed by atoms with Gasteiger partial charge in [-0.1, -0.05) is 42.5 Å². The van der Waals surface area contributed by atoms with Gasteiger partial charge in [-0.15, -0.1) is 0 Å². The molecule has 0 fully saturated rings. The van der Waals surface area contributed by atoms with Gasteiger partial charge in [0.2, 0.25) is 0 Å². The molecule has 3 nitrogen and oxygen atoms in total. The maximum Gasteiger partial charge on any atom is 0.169 e. The fourth-order valence-electron chi connectivity index (χ4n) is 2.53. The molecular formula is C18H16N2O. The highest BCUT2D eigenvalue weighted by Crippen LogP contribution is 2.19. The van der Waals surface area contributed by atoms with Crippen molar-refractivity contribution in [2.45, 2.75) is 13.0 Å². The van der Waals surface area contributed by atoms with Crippen LogP contribution in [-0.4, -0.2) is 10.8 Å². The van der Waals surface area contributed by atoms with Gasteiger partial charge in [-0.3, -0.25) is 9.78 Å². The Bertz CT molecular complexity index is 791. The average molecular weight is 276 g/mol. The number of nitrogens with zero attached hydrogens (tertiary/aromatic N) is 1. The van der Waals surface area contributed by atoms with E-state index in [1.54, 1.807) is 6.20 Å². The molecule has 0 aliphatic heterocycles. The topological polar surface area (TPSA) is 56.0 Å². The minimum atomic E-state index is 0.0696. The Morgan fingerprint density at radius 3 is 2.52 bits per heavy atom. The number of para-hydroxylation sites is 1. The number of hydrogen-bond donors (Lipinski definition) is 1. The highest BCUT2D eigenvalue weighted by atomic mass is 16.1. The molecule has 0 radical (unpaired) electrons. The molecule has 0 spiro atoms. The van der Waals surface area contributed by atoms with E-state index in [0.717, 1.165) is 22.0 Å². The van der Waals surface area contributed by atoms with Crippen molar-refractivity contribution in [1.29, 1.82) is 0 Å². The highest BCUT2D eigenvalue weighted by molar-refractivity contribution is 6.07. The Hall–Kier alpha value is -2.52. The van der Waals surface area contributed by atoms with Gasteiger partial charge in [0.15, 0.2) is 5.78 Å². The molecule has 0 aliphatic carbocycles. The predicted molar refractivity (Wildman–Crippen MR) is 84.1 cm³/mol. The molecule has 0 atom stereocenters. The van der Waals surface area contributed by atoms with Crippen molar-refractivity contribution >= 4 is 16.7 Å². The predicted octanol–water partition coefficient (Wildman–Crippen LogP) is 3.12. The third-order valence-corrected chi connectivity index (χ3v) is 3.62. The Labute approximate surface area is 123 Å². The highest BCUT2D eigenvalue weighted by Gasteiger charge is 2.13. The van der Waals surface area contributed by atoms with Crippen LogP contribution >= 0.6 is 0 Å². The van der Waals surface area contributed by atoms with Crippen LogP contribution in [0.1, 0.15) is 21.5 Å². The first kappa shape index (κ1) is 13.5. The first-order chi connectivity index (χ1) is 10.3. The van der Waals surface area contributed by atoms with Crippen LogP contribution < -0.4 is 5.73 Å². The number of carbonyl (C=O) groups excluding carboxylic acids is 1. The van der Waals surface area contributed by atoms with Gasteiger partial charge in [0.1, 0.15) is 0 Å². The monoisotopic (exact) mass is 276 g/mol. The standard InChI is InChI=1S/C18H16N2O/c19-12-15-6-2-1-5-14(15)11-17(21)16-9-3-7-13-8-4-10-20-18(13)16/h1-10H,11-12,19H2. The number of rotatable bonds is 4. The van der Waals surface area contributed by atoms with Crippen LogP contribution in [0.5, 0.6) is 0 Å². The van der Waals surface area contributed by atoms with Gasteiger partial charge in [-0.2, -0.15) is 0 Å². The van der Waals surface area contributed by atoms with Crippen LogP contribution in [0.4, 0.5) is 0 Å².